The number of carbonyl (C=O) groups is 2. The standard InChI is InChI=1S/C21H22N4O2S/c1-23-17-5-3-2-4-15(17)12-18(23)19-22-16(13-28-19)21(27)25-10-8-24(9-11-25)20(26)14-6-7-14/h2-5,12-14H,6-11H2,1H3. The Balaban J connectivity index is 1.31. The zero-order valence-corrected chi connectivity index (χ0v) is 16.6. The highest BCUT2D eigenvalue weighted by atomic mass is 32.1. The molecule has 0 atom stereocenters. The Labute approximate surface area is 167 Å². The van der Waals surface area contributed by atoms with E-state index in [1.165, 1.54) is 16.7 Å². The van der Waals surface area contributed by atoms with Crippen LogP contribution in [0.5, 0.6) is 0 Å². The molecule has 2 aromatic heterocycles. The van der Waals surface area contributed by atoms with Crippen LogP contribution in [0.1, 0.15) is 23.3 Å². The SMILES string of the molecule is Cn1c(-c2nc(C(=O)N3CCN(C(=O)C4CC4)CC3)cs2)cc2ccccc21. The van der Waals surface area contributed by atoms with Crippen LogP contribution in [0.4, 0.5) is 0 Å². The minimum Gasteiger partial charge on any atom is -0.342 e. The van der Waals surface area contributed by atoms with Crippen molar-refractivity contribution in [2.45, 2.75) is 12.8 Å². The monoisotopic (exact) mass is 394 g/mol. The lowest BCUT2D eigenvalue weighted by atomic mass is 10.2. The number of para-hydroxylation sites is 1. The first-order valence-electron chi connectivity index (χ1n) is 9.70. The lowest BCUT2D eigenvalue weighted by Gasteiger charge is -2.34. The van der Waals surface area contributed by atoms with E-state index in [0.29, 0.717) is 31.9 Å². The average Bonchev–Trinajstić information content (AvgIpc) is 3.38. The maximum atomic E-state index is 12.9. The van der Waals surface area contributed by atoms with Gasteiger partial charge in [0.15, 0.2) is 0 Å². The number of carbonyl (C=O) groups excluding carboxylic acids is 2. The molecule has 2 aliphatic rings. The molecule has 1 aliphatic carbocycles. The van der Waals surface area contributed by atoms with E-state index in [0.717, 1.165) is 29.1 Å². The van der Waals surface area contributed by atoms with Crippen LogP contribution in [0.25, 0.3) is 21.6 Å². The van der Waals surface area contributed by atoms with Crippen molar-refractivity contribution in [3.05, 3.63) is 41.4 Å². The number of hydrogen-bond acceptors (Lipinski definition) is 4. The van der Waals surface area contributed by atoms with Gasteiger partial charge in [0.1, 0.15) is 10.7 Å². The molecular formula is C21H22N4O2S. The summed E-state index contributed by atoms with van der Waals surface area (Å²) in [6.07, 6.45) is 2.04. The maximum Gasteiger partial charge on any atom is 0.273 e. The third kappa shape index (κ3) is 2.99. The minimum atomic E-state index is -0.0419. The number of fused-ring (bicyclic) bond motifs is 1. The molecule has 6 nitrogen and oxygen atoms in total. The van der Waals surface area contributed by atoms with Gasteiger partial charge in [-0.25, -0.2) is 4.98 Å². The number of nitrogens with zero attached hydrogens (tertiary/aromatic N) is 4. The predicted octanol–water partition coefficient (Wildman–Crippen LogP) is 3.00. The summed E-state index contributed by atoms with van der Waals surface area (Å²) in [6.45, 7) is 2.42. The molecule has 2 amide bonds. The van der Waals surface area contributed by atoms with Crippen LogP contribution in [-0.4, -0.2) is 57.3 Å². The molecule has 0 unspecified atom stereocenters. The normalized spacial score (nSPS) is 17.3. The van der Waals surface area contributed by atoms with Gasteiger partial charge in [0.05, 0.1) is 5.69 Å². The molecule has 7 heteroatoms. The molecule has 0 N–H and O–H groups in total. The largest absolute Gasteiger partial charge is 0.342 e. The number of aryl methyl sites for hydroxylation is 1. The van der Waals surface area contributed by atoms with E-state index >= 15 is 0 Å². The van der Waals surface area contributed by atoms with E-state index in [2.05, 4.69) is 27.8 Å². The molecular weight excluding hydrogens is 372 g/mol. The van der Waals surface area contributed by atoms with E-state index in [9.17, 15) is 9.59 Å². The molecule has 1 saturated carbocycles. The van der Waals surface area contributed by atoms with Crippen LogP contribution in [0.2, 0.25) is 0 Å². The highest BCUT2D eigenvalue weighted by Gasteiger charge is 2.35. The Morgan fingerprint density at radius 1 is 1.07 bits per heavy atom. The van der Waals surface area contributed by atoms with E-state index in [1.54, 1.807) is 0 Å². The summed E-state index contributed by atoms with van der Waals surface area (Å²) in [5, 5.41) is 3.86. The first-order valence-corrected chi connectivity index (χ1v) is 10.6. The van der Waals surface area contributed by atoms with Crippen molar-refractivity contribution in [2.75, 3.05) is 26.2 Å². The first kappa shape index (κ1) is 17.4. The third-order valence-electron chi connectivity index (χ3n) is 5.70. The maximum absolute atomic E-state index is 12.9. The van der Waals surface area contributed by atoms with E-state index < -0.39 is 0 Å². The van der Waals surface area contributed by atoms with Gasteiger partial charge in [0, 0.05) is 55.4 Å². The fourth-order valence-corrected chi connectivity index (χ4v) is 4.71. The molecule has 1 aliphatic heterocycles. The first-order chi connectivity index (χ1) is 13.6. The summed E-state index contributed by atoms with van der Waals surface area (Å²) in [6, 6.07) is 10.3. The smallest absolute Gasteiger partial charge is 0.273 e. The number of amides is 2. The Bertz CT molecular complexity index is 1060. The van der Waals surface area contributed by atoms with Gasteiger partial charge in [-0.2, -0.15) is 0 Å². The van der Waals surface area contributed by atoms with Crippen molar-refractivity contribution in [2.24, 2.45) is 13.0 Å². The Kier molecular flexibility index (Phi) is 4.19. The van der Waals surface area contributed by atoms with Gasteiger partial charge in [-0.05, 0) is 25.0 Å². The second-order valence-electron chi connectivity index (χ2n) is 7.58. The van der Waals surface area contributed by atoms with Gasteiger partial charge in [0.25, 0.3) is 5.91 Å². The van der Waals surface area contributed by atoms with Gasteiger partial charge in [0.2, 0.25) is 5.91 Å². The molecule has 0 bridgehead atoms. The van der Waals surface area contributed by atoms with E-state index in [-0.39, 0.29) is 17.7 Å². The highest BCUT2D eigenvalue weighted by Crippen LogP contribution is 2.32. The average molecular weight is 395 g/mol. The number of piperazine rings is 1. The number of aromatic nitrogens is 2. The van der Waals surface area contributed by atoms with Gasteiger partial charge < -0.3 is 14.4 Å². The summed E-state index contributed by atoms with van der Waals surface area (Å²) in [5.74, 6) is 0.461. The fourth-order valence-electron chi connectivity index (χ4n) is 3.86. The predicted molar refractivity (Wildman–Crippen MR) is 109 cm³/mol. The molecule has 3 aromatic rings. The molecule has 5 rings (SSSR count). The second kappa shape index (κ2) is 6.74. The van der Waals surface area contributed by atoms with Crippen molar-refractivity contribution in [3.63, 3.8) is 0 Å². The zero-order valence-electron chi connectivity index (χ0n) is 15.8. The van der Waals surface area contributed by atoms with E-state index in [4.69, 9.17) is 0 Å². The van der Waals surface area contributed by atoms with Gasteiger partial charge in [-0.1, -0.05) is 18.2 Å². The zero-order chi connectivity index (χ0) is 19.3. The molecule has 2 fully saturated rings. The van der Waals surface area contributed by atoms with Crippen LogP contribution >= 0.6 is 11.3 Å². The summed E-state index contributed by atoms with van der Waals surface area (Å²) >= 11 is 1.50. The number of thiazole rings is 1. The molecule has 1 saturated heterocycles. The quantitative estimate of drug-likeness (QED) is 0.686. The van der Waals surface area contributed by atoms with Crippen molar-refractivity contribution >= 4 is 34.1 Å². The molecule has 0 radical (unpaired) electrons. The summed E-state index contributed by atoms with van der Waals surface area (Å²) in [7, 11) is 2.02. The molecule has 0 spiro atoms. The van der Waals surface area contributed by atoms with Gasteiger partial charge in [-0.15, -0.1) is 11.3 Å². The molecule has 1 aromatic carbocycles. The number of hydrogen-bond donors (Lipinski definition) is 0. The Hall–Kier alpha value is -2.67. The van der Waals surface area contributed by atoms with Crippen molar-refractivity contribution in [1.82, 2.24) is 19.4 Å². The van der Waals surface area contributed by atoms with Crippen LogP contribution in [-0.2, 0) is 11.8 Å². The fraction of sp³-hybridized carbons (Fsp3) is 0.381. The molecule has 28 heavy (non-hydrogen) atoms. The van der Waals surface area contributed by atoms with Crippen LogP contribution in [0, 0.1) is 5.92 Å². The lowest BCUT2D eigenvalue weighted by molar-refractivity contribution is -0.134. The summed E-state index contributed by atoms with van der Waals surface area (Å²) in [5.41, 5.74) is 2.66. The van der Waals surface area contributed by atoms with Crippen molar-refractivity contribution in [1.29, 1.82) is 0 Å². The second-order valence-corrected chi connectivity index (χ2v) is 8.44. The Morgan fingerprint density at radius 3 is 2.50 bits per heavy atom. The summed E-state index contributed by atoms with van der Waals surface area (Å²) < 4.78 is 2.12. The van der Waals surface area contributed by atoms with Gasteiger partial charge >= 0.3 is 0 Å². The highest BCUT2D eigenvalue weighted by molar-refractivity contribution is 7.13. The molecule has 3 heterocycles. The third-order valence-corrected chi connectivity index (χ3v) is 6.56. The van der Waals surface area contributed by atoms with Crippen LogP contribution in [0.15, 0.2) is 35.7 Å². The minimum absolute atomic E-state index is 0.0419. The van der Waals surface area contributed by atoms with Crippen molar-refractivity contribution in [3.8, 4) is 10.7 Å². The summed E-state index contributed by atoms with van der Waals surface area (Å²) in [4.78, 5) is 33.4. The Morgan fingerprint density at radius 2 is 1.79 bits per heavy atom. The number of rotatable bonds is 3. The topological polar surface area (TPSA) is 58.4 Å². The lowest BCUT2D eigenvalue weighted by Crippen LogP contribution is -2.51. The van der Waals surface area contributed by atoms with Crippen LogP contribution in [0.3, 0.4) is 0 Å². The van der Waals surface area contributed by atoms with E-state index in [1.807, 2.05) is 34.4 Å². The van der Waals surface area contributed by atoms with Gasteiger partial charge in [-0.3, -0.25) is 9.59 Å². The number of benzene rings is 1. The molecule has 144 valence electrons. The van der Waals surface area contributed by atoms with Crippen LogP contribution < -0.4 is 0 Å². The van der Waals surface area contributed by atoms with Crippen molar-refractivity contribution < 1.29 is 9.59 Å².